The van der Waals surface area contributed by atoms with Crippen LogP contribution in [0.4, 0.5) is 8.78 Å². The summed E-state index contributed by atoms with van der Waals surface area (Å²) in [7, 11) is 0. The summed E-state index contributed by atoms with van der Waals surface area (Å²) in [6.45, 7) is 3.89. The second-order valence-corrected chi connectivity index (χ2v) is 7.81. The molecule has 1 amide bonds. The normalized spacial score (nSPS) is 14.3. The Labute approximate surface area is 186 Å². The standard InChI is InChI=1S/C25H25F2N3O2/c26-21-3-1-2-19(14-21)16-28-24(31)15-18-4-6-20(7-5-18)23-9-8-22(29-25(23)27)17-30-10-12-32-13-11-30/h1-9,14H,10-13,15-17H2,(H,28,31). The van der Waals surface area contributed by atoms with E-state index in [-0.39, 0.29) is 24.7 Å². The molecule has 1 fully saturated rings. The number of rotatable bonds is 7. The van der Waals surface area contributed by atoms with Crippen molar-refractivity contribution in [2.45, 2.75) is 19.5 Å². The minimum Gasteiger partial charge on any atom is -0.379 e. The van der Waals surface area contributed by atoms with E-state index in [1.807, 2.05) is 6.07 Å². The number of benzene rings is 2. The molecule has 0 radical (unpaired) electrons. The van der Waals surface area contributed by atoms with Crippen LogP contribution in [0.25, 0.3) is 11.1 Å². The van der Waals surface area contributed by atoms with E-state index in [0.717, 1.165) is 18.7 Å². The average molecular weight is 437 g/mol. The second-order valence-electron chi connectivity index (χ2n) is 7.81. The topological polar surface area (TPSA) is 54.5 Å². The van der Waals surface area contributed by atoms with Crippen LogP contribution < -0.4 is 5.32 Å². The Kier molecular flexibility index (Phi) is 7.19. The Balaban J connectivity index is 1.34. The van der Waals surface area contributed by atoms with Crippen molar-refractivity contribution in [3.8, 4) is 11.1 Å². The molecule has 2 aromatic carbocycles. The number of carbonyl (C=O) groups is 1. The Morgan fingerprint density at radius 3 is 2.50 bits per heavy atom. The zero-order valence-electron chi connectivity index (χ0n) is 17.7. The van der Waals surface area contributed by atoms with Crippen molar-refractivity contribution in [3.05, 3.63) is 89.2 Å². The zero-order valence-corrected chi connectivity index (χ0v) is 17.7. The van der Waals surface area contributed by atoms with Crippen molar-refractivity contribution >= 4 is 5.91 Å². The lowest BCUT2D eigenvalue weighted by atomic mass is 10.0. The van der Waals surface area contributed by atoms with Gasteiger partial charge in [-0.15, -0.1) is 0 Å². The lowest BCUT2D eigenvalue weighted by Gasteiger charge is -2.26. The predicted octanol–water partition coefficient (Wildman–Crippen LogP) is 3.72. The van der Waals surface area contributed by atoms with Gasteiger partial charge in [-0.05, 0) is 41.0 Å². The van der Waals surface area contributed by atoms with Gasteiger partial charge in [-0.25, -0.2) is 9.37 Å². The second kappa shape index (κ2) is 10.4. The number of carbonyl (C=O) groups excluding carboxylic acids is 1. The highest BCUT2D eigenvalue weighted by Crippen LogP contribution is 2.23. The minimum absolute atomic E-state index is 0.165. The number of ether oxygens (including phenoxy) is 1. The van der Waals surface area contributed by atoms with Crippen LogP contribution in [0.3, 0.4) is 0 Å². The molecule has 0 unspecified atom stereocenters. The summed E-state index contributed by atoms with van der Waals surface area (Å²) in [5.41, 5.74) is 3.34. The molecule has 3 aromatic rings. The van der Waals surface area contributed by atoms with E-state index in [1.54, 1.807) is 42.5 Å². The molecule has 2 heterocycles. The lowest BCUT2D eigenvalue weighted by molar-refractivity contribution is -0.120. The van der Waals surface area contributed by atoms with Gasteiger partial charge in [0.25, 0.3) is 0 Å². The number of morpholine rings is 1. The van der Waals surface area contributed by atoms with Gasteiger partial charge in [-0.2, -0.15) is 4.39 Å². The summed E-state index contributed by atoms with van der Waals surface area (Å²) < 4.78 is 33.2. The first-order valence-corrected chi connectivity index (χ1v) is 10.6. The Morgan fingerprint density at radius 2 is 1.78 bits per heavy atom. The maximum absolute atomic E-state index is 14.6. The predicted molar refractivity (Wildman–Crippen MR) is 118 cm³/mol. The third-order valence-electron chi connectivity index (χ3n) is 5.40. The van der Waals surface area contributed by atoms with Crippen molar-refractivity contribution in [1.29, 1.82) is 0 Å². The van der Waals surface area contributed by atoms with Gasteiger partial charge in [0.15, 0.2) is 0 Å². The van der Waals surface area contributed by atoms with Gasteiger partial charge < -0.3 is 10.1 Å². The number of aromatic nitrogens is 1. The molecule has 1 saturated heterocycles. The van der Waals surface area contributed by atoms with Crippen LogP contribution in [0.1, 0.15) is 16.8 Å². The van der Waals surface area contributed by atoms with Gasteiger partial charge in [0.1, 0.15) is 5.82 Å². The molecule has 0 spiro atoms. The molecule has 1 aromatic heterocycles. The first-order chi connectivity index (χ1) is 15.6. The van der Waals surface area contributed by atoms with Crippen LogP contribution in [0.2, 0.25) is 0 Å². The SMILES string of the molecule is O=C(Cc1ccc(-c2ccc(CN3CCOCC3)nc2F)cc1)NCc1cccc(F)c1. The summed E-state index contributed by atoms with van der Waals surface area (Å²) in [6.07, 6.45) is 0.189. The maximum atomic E-state index is 14.6. The number of pyridine rings is 1. The van der Waals surface area contributed by atoms with E-state index in [9.17, 15) is 13.6 Å². The fourth-order valence-corrected chi connectivity index (χ4v) is 3.66. The van der Waals surface area contributed by atoms with Crippen molar-refractivity contribution in [2.75, 3.05) is 26.3 Å². The number of nitrogens with zero attached hydrogens (tertiary/aromatic N) is 2. The lowest BCUT2D eigenvalue weighted by Crippen LogP contribution is -2.35. The number of amides is 1. The zero-order chi connectivity index (χ0) is 22.3. The van der Waals surface area contributed by atoms with Crippen molar-refractivity contribution in [3.63, 3.8) is 0 Å². The quantitative estimate of drug-likeness (QED) is 0.573. The van der Waals surface area contributed by atoms with Crippen LogP contribution in [0.5, 0.6) is 0 Å². The van der Waals surface area contributed by atoms with Crippen molar-refractivity contribution < 1.29 is 18.3 Å². The van der Waals surface area contributed by atoms with Gasteiger partial charge in [0.05, 0.1) is 25.3 Å². The van der Waals surface area contributed by atoms with Crippen molar-refractivity contribution in [2.24, 2.45) is 0 Å². The first kappa shape index (κ1) is 22.0. The van der Waals surface area contributed by atoms with E-state index in [2.05, 4.69) is 15.2 Å². The third-order valence-corrected chi connectivity index (χ3v) is 5.40. The van der Waals surface area contributed by atoms with Crippen LogP contribution in [0.15, 0.2) is 60.7 Å². The molecule has 0 atom stereocenters. The highest BCUT2D eigenvalue weighted by molar-refractivity contribution is 5.78. The largest absolute Gasteiger partial charge is 0.379 e. The van der Waals surface area contributed by atoms with E-state index >= 15 is 0 Å². The van der Waals surface area contributed by atoms with E-state index in [1.165, 1.54) is 12.1 Å². The molecule has 1 aliphatic heterocycles. The number of nitrogens with one attached hydrogen (secondary N) is 1. The smallest absolute Gasteiger partial charge is 0.224 e. The Hall–Kier alpha value is -3.16. The van der Waals surface area contributed by atoms with E-state index in [4.69, 9.17) is 4.74 Å². The molecule has 1 aliphatic rings. The highest BCUT2D eigenvalue weighted by atomic mass is 19.1. The molecule has 5 nitrogen and oxygen atoms in total. The van der Waals surface area contributed by atoms with Crippen LogP contribution >= 0.6 is 0 Å². The summed E-state index contributed by atoms with van der Waals surface area (Å²) >= 11 is 0. The minimum atomic E-state index is -0.503. The van der Waals surface area contributed by atoms with Gasteiger partial charge >= 0.3 is 0 Å². The summed E-state index contributed by atoms with van der Waals surface area (Å²) in [4.78, 5) is 18.5. The molecule has 0 saturated carbocycles. The van der Waals surface area contributed by atoms with Gasteiger partial charge in [-0.3, -0.25) is 9.69 Å². The summed E-state index contributed by atoms with van der Waals surface area (Å²) in [5, 5.41) is 2.78. The van der Waals surface area contributed by atoms with E-state index in [0.29, 0.717) is 42.1 Å². The fourth-order valence-electron chi connectivity index (χ4n) is 3.66. The maximum Gasteiger partial charge on any atom is 0.224 e. The number of halogens is 2. The number of hydrogen-bond donors (Lipinski definition) is 1. The molecule has 1 N–H and O–H groups in total. The molecule has 166 valence electrons. The van der Waals surface area contributed by atoms with Gasteiger partial charge in [-0.1, -0.05) is 36.4 Å². The molecule has 32 heavy (non-hydrogen) atoms. The molecular weight excluding hydrogens is 412 g/mol. The third kappa shape index (κ3) is 5.96. The average Bonchev–Trinajstić information content (AvgIpc) is 2.79. The molecule has 7 heteroatoms. The van der Waals surface area contributed by atoms with Gasteiger partial charge in [0, 0.05) is 31.7 Å². The molecule has 4 rings (SSSR count). The number of hydrogen-bond acceptors (Lipinski definition) is 4. The summed E-state index contributed by atoms with van der Waals surface area (Å²) in [6, 6.07) is 16.9. The fraction of sp³-hybridized carbons (Fsp3) is 0.280. The van der Waals surface area contributed by atoms with Gasteiger partial charge in [0.2, 0.25) is 11.9 Å². The summed E-state index contributed by atoms with van der Waals surface area (Å²) in [5.74, 6) is -0.998. The van der Waals surface area contributed by atoms with Crippen molar-refractivity contribution in [1.82, 2.24) is 15.2 Å². The Bertz CT molecular complexity index is 1070. The monoisotopic (exact) mass is 437 g/mol. The molecule has 0 aliphatic carbocycles. The first-order valence-electron chi connectivity index (χ1n) is 10.6. The van der Waals surface area contributed by atoms with E-state index < -0.39 is 5.95 Å². The van der Waals surface area contributed by atoms with Crippen LogP contribution in [-0.4, -0.2) is 42.1 Å². The Morgan fingerprint density at radius 1 is 1.00 bits per heavy atom. The van der Waals surface area contributed by atoms with Crippen LogP contribution in [0, 0.1) is 11.8 Å². The highest BCUT2D eigenvalue weighted by Gasteiger charge is 2.14. The molecule has 0 bridgehead atoms. The molecular formula is C25H25F2N3O2. The van der Waals surface area contributed by atoms with Crippen LogP contribution in [-0.2, 0) is 29.0 Å².